The zero-order valence-electron chi connectivity index (χ0n) is 10.3. The Balaban J connectivity index is 2.15. The molecule has 2 aromatic heterocycles. The van der Waals surface area contributed by atoms with Gasteiger partial charge in [0.1, 0.15) is 0 Å². The normalized spacial score (nSPS) is 11.8. The average molecular weight is 259 g/mol. The van der Waals surface area contributed by atoms with Crippen LogP contribution in [-0.4, -0.2) is 15.9 Å². The van der Waals surface area contributed by atoms with Gasteiger partial charge in [0, 0.05) is 30.1 Å². The van der Waals surface area contributed by atoms with Crippen molar-refractivity contribution in [3.05, 3.63) is 68.5 Å². The number of pyridine rings is 2. The molecule has 2 aromatic rings. The molecule has 0 fully saturated rings. The van der Waals surface area contributed by atoms with E-state index in [-0.39, 0.29) is 28.6 Å². The van der Waals surface area contributed by atoms with E-state index in [0.717, 1.165) is 0 Å². The van der Waals surface area contributed by atoms with Crippen LogP contribution in [0.1, 0.15) is 28.9 Å². The van der Waals surface area contributed by atoms with Crippen LogP contribution < -0.4 is 16.4 Å². The number of aromatic amines is 2. The summed E-state index contributed by atoms with van der Waals surface area (Å²) in [5.74, 6) is -0.362. The fourth-order valence-corrected chi connectivity index (χ4v) is 1.68. The van der Waals surface area contributed by atoms with Crippen molar-refractivity contribution in [1.29, 1.82) is 0 Å². The van der Waals surface area contributed by atoms with Gasteiger partial charge in [0.25, 0.3) is 5.91 Å². The second kappa shape index (κ2) is 5.34. The third-order valence-electron chi connectivity index (χ3n) is 2.68. The summed E-state index contributed by atoms with van der Waals surface area (Å²) < 4.78 is 0. The number of aromatic nitrogens is 2. The molecule has 0 saturated heterocycles. The summed E-state index contributed by atoms with van der Waals surface area (Å²) in [6.07, 6.45) is 2.93. The minimum atomic E-state index is -0.362. The Labute approximate surface area is 108 Å². The first kappa shape index (κ1) is 12.8. The largest absolute Gasteiger partial charge is 0.346 e. The zero-order valence-corrected chi connectivity index (χ0v) is 10.3. The van der Waals surface area contributed by atoms with Crippen LogP contribution in [0.2, 0.25) is 0 Å². The average Bonchev–Trinajstić information content (AvgIpc) is 2.38. The molecule has 3 N–H and O–H groups in total. The quantitative estimate of drug-likeness (QED) is 0.751. The first-order valence-corrected chi connectivity index (χ1v) is 5.74. The second-order valence-electron chi connectivity index (χ2n) is 4.12. The van der Waals surface area contributed by atoms with Gasteiger partial charge in [-0.2, -0.15) is 0 Å². The van der Waals surface area contributed by atoms with Gasteiger partial charge in [0.05, 0.1) is 6.04 Å². The highest BCUT2D eigenvalue weighted by Gasteiger charge is 2.11. The van der Waals surface area contributed by atoms with Crippen molar-refractivity contribution in [2.45, 2.75) is 13.0 Å². The lowest BCUT2D eigenvalue weighted by Crippen LogP contribution is -2.28. The molecular formula is C13H13N3O3. The monoisotopic (exact) mass is 259 g/mol. The number of carbonyl (C=O) groups excluding carboxylic acids is 1. The van der Waals surface area contributed by atoms with Gasteiger partial charge in [-0.25, -0.2) is 0 Å². The molecule has 1 amide bonds. The molecule has 0 aliphatic heterocycles. The Kier molecular flexibility index (Phi) is 3.61. The minimum absolute atomic E-state index is 0.227. The van der Waals surface area contributed by atoms with Gasteiger partial charge < -0.3 is 15.3 Å². The molecule has 2 rings (SSSR count). The van der Waals surface area contributed by atoms with Gasteiger partial charge in [-0.3, -0.25) is 14.4 Å². The van der Waals surface area contributed by atoms with Gasteiger partial charge in [-0.15, -0.1) is 0 Å². The Hall–Kier alpha value is -2.63. The third-order valence-corrected chi connectivity index (χ3v) is 2.68. The summed E-state index contributed by atoms with van der Waals surface area (Å²) >= 11 is 0. The molecule has 1 atom stereocenters. The molecule has 0 saturated carbocycles. The van der Waals surface area contributed by atoms with Gasteiger partial charge in [-0.05, 0) is 24.6 Å². The Morgan fingerprint density at radius 3 is 2.37 bits per heavy atom. The van der Waals surface area contributed by atoms with E-state index in [9.17, 15) is 14.4 Å². The van der Waals surface area contributed by atoms with Crippen LogP contribution in [0.15, 0.2) is 46.2 Å². The van der Waals surface area contributed by atoms with Gasteiger partial charge in [0.2, 0.25) is 11.1 Å². The predicted molar refractivity (Wildman–Crippen MR) is 70.0 cm³/mol. The van der Waals surface area contributed by atoms with E-state index >= 15 is 0 Å². The van der Waals surface area contributed by atoms with E-state index in [1.807, 2.05) is 0 Å². The highest BCUT2D eigenvalue weighted by Crippen LogP contribution is 2.09. The number of amides is 1. The van der Waals surface area contributed by atoms with Crippen molar-refractivity contribution < 1.29 is 4.79 Å². The van der Waals surface area contributed by atoms with Crippen molar-refractivity contribution in [1.82, 2.24) is 15.3 Å². The SMILES string of the molecule is CC(NC(=O)c1cc[nH]c(=O)c1)c1cc[nH]c(=O)c1. The van der Waals surface area contributed by atoms with E-state index in [1.165, 1.54) is 30.6 Å². The first-order valence-electron chi connectivity index (χ1n) is 5.74. The smallest absolute Gasteiger partial charge is 0.252 e. The van der Waals surface area contributed by atoms with E-state index in [0.29, 0.717) is 5.56 Å². The highest BCUT2D eigenvalue weighted by atomic mass is 16.2. The lowest BCUT2D eigenvalue weighted by molar-refractivity contribution is 0.0939. The van der Waals surface area contributed by atoms with Crippen molar-refractivity contribution in [3.8, 4) is 0 Å². The molecule has 0 radical (unpaired) electrons. The molecule has 0 aliphatic carbocycles. The second-order valence-corrected chi connectivity index (χ2v) is 4.12. The number of hydrogen-bond acceptors (Lipinski definition) is 3. The van der Waals surface area contributed by atoms with Crippen LogP contribution in [0.3, 0.4) is 0 Å². The number of hydrogen-bond donors (Lipinski definition) is 3. The Morgan fingerprint density at radius 1 is 1.11 bits per heavy atom. The van der Waals surface area contributed by atoms with Crippen LogP contribution in [0.25, 0.3) is 0 Å². The van der Waals surface area contributed by atoms with Gasteiger partial charge >= 0.3 is 0 Å². The maximum Gasteiger partial charge on any atom is 0.252 e. The van der Waals surface area contributed by atoms with E-state index < -0.39 is 0 Å². The summed E-state index contributed by atoms with van der Waals surface area (Å²) in [6.45, 7) is 1.76. The molecule has 1 unspecified atom stereocenters. The van der Waals surface area contributed by atoms with E-state index in [2.05, 4.69) is 15.3 Å². The molecule has 0 aliphatic rings. The maximum atomic E-state index is 11.9. The molecule has 19 heavy (non-hydrogen) atoms. The number of carbonyl (C=O) groups is 1. The van der Waals surface area contributed by atoms with Crippen molar-refractivity contribution in [2.24, 2.45) is 0 Å². The molecule has 0 bridgehead atoms. The Bertz CT molecular complexity index is 702. The molecule has 6 nitrogen and oxygen atoms in total. The molecular weight excluding hydrogens is 246 g/mol. The number of H-pyrrole nitrogens is 2. The van der Waals surface area contributed by atoms with Crippen molar-refractivity contribution in [3.63, 3.8) is 0 Å². The minimum Gasteiger partial charge on any atom is -0.346 e. The first-order chi connectivity index (χ1) is 9.06. The van der Waals surface area contributed by atoms with Crippen molar-refractivity contribution in [2.75, 3.05) is 0 Å². The lowest BCUT2D eigenvalue weighted by Gasteiger charge is -2.13. The summed E-state index contributed by atoms with van der Waals surface area (Å²) in [7, 11) is 0. The number of rotatable bonds is 3. The summed E-state index contributed by atoms with van der Waals surface area (Å²) in [5, 5.41) is 2.72. The molecule has 98 valence electrons. The maximum absolute atomic E-state index is 11.9. The van der Waals surface area contributed by atoms with Crippen LogP contribution in [0, 0.1) is 0 Å². The van der Waals surface area contributed by atoms with Gasteiger partial charge in [0.15, 0.2) is 0 Å². The highest BCUT2D eigenvalue weighted by molar-refractivity contribution is 5.94. The zero-order chi connectivity index (χ0) is 13.8. The van der Waals surface area contributed by atoms with E-state index in [4.69, 9.17) is 0 Å². The fraction of sp³-hybridized carbons (Fsp3) is 0.154. The van der Waals surface area contributed by atoms with E-state index in [1.54, 1.807) is 13.0 Å². The van der Waals surface area contributed by atoms with Crippen LogP contribution >= 0.6 is 0 Å². The number of nitrogens with one attached hydrogen (secondary N) is 3. The summed E-state index contributed by atoms with van der Waals surface area (Å²) in [4.78, 5) is 39.2. The molecule has 6 heteroatoms. The molecule has 2 heterocycles. The summed E-state index contributed by atoms with van der Waals surface area (Å²) in [5.41, 5.74) is 0.411. The fourth-order valence-electron chi connectivity index (χ4n) is 1.68. The van der Waals surface area contributed by atoms with Crippen molar-refractivity contribution >= 4 is 5.91 Å². The van der Waals surface area contributed by atoms with Crippen LogP contribution in [0.4, 0.5) is 0 Å². The standard InChI is InChI=1S/C13H13N3O3/c1-8(9-2-4-14-11(17)6-9)16-13(19)10-3-5-15-12(18)7-10/h2-8H,1H3,(H,14,17)(H,15,18)(H,16,19). The topological polar surface area (TPSA) is 94.8 Å². The third kappa shape index (κ3) is 3.19. The van der Waals surface area contributed by atoms with Crippen LogP contribution in [-0.2, 0) is 0 Å². The molecule has 0 aromatic carbocycles. The van der Waals surface area contributed by atoms with Gasteiger partial charge in [-0.1, -0.05) is 0 Å². The van der Waals surface area contributed by atoms with Crippen LogP contribution in [0.5, 0.6) is 0 Å². The lowest BCUT2D eigenvalue weighted by atomic mass is 10.1. The summed E-state index contributed by atoms with van der Waals surface area (Å²) in [6, 6.07) is 5.54. The molecule has 0 spiro atoms. The predicted octanol–water partition coefficient (Wildman–Crippen LogP) is 0.554. The Morgan fingerprint density at radius 2 is 1.74 bits per heavy atom.